The van der Waals surface area contributed by atoms with Crippen LogP contribution in [0.2, 0.25) is 0 Å². The average Bonchev–Trinajstić information content (AvgIpc) is 2.80. The lowest BCUT2D eigenvalue weighted by atomic mass is 10.1. The Morgan fingerprint density at radius 2 is 1.69 bits per heavy atom. The van der Waals surface area contributed by atoms with Crippen molar-refractivity contribution >= 4 is 38.8 Å². The maximum atomic E-state index is 13.0. The molecule has 0 heterocycles. The second-order valence-electron chi connectivity index (χ2n) is 7.25. The van der Waals surface area contributed by atoms with Crippen LogP contribution in [0.1, 0.15) is 16.7 Å². The number of hydrazone groups is 1. The molecular formula is C26H20BrFN2O2. The largest absolute Gasteiger partial charge is 0.488 e. The Hall–Kier alpha value is -3.51. The molecule has 1 N–H and O–H groups in total. The first-order valence-electron chi connectivity index (χ1n) is 10.0. The monoisotopic (exact) mass is 490 g/mol. The quantitative estimate of drug-likeness (QED) is 0.254. The molecule has 0 spiro atoms. The summed E-state index contributed by atoms with van der Waals surface area (Å²) in [6.45, 7) is 0.407. The Kier molecular flexibility index (Phi) is 6.92. The van der Waals surface area contributed by atoms with Crippen molar-refractivity contribution < 1.29 is 13.9 Å². The molecule has 0 bridgehead atoms. The average molecular weight is 491 g/mol. The van der Waals surface area contributed by atoms with Crippen molar-refractivity contribution in [3.05, 3.63) is 112 Å². The summed E-state index contributed by atoms with van der Waals surface area (Å²) in [5.74, 6) is 0.0254. The fraction of sp³-hybridized carbons (Fsp3) is 0.0769. The number of halogens is 2. The molecular weight excluding hydrogens is 471 g/mol. The molecule has 0 aromatic heterocycles. The number of amides is 1. The molecule has 4 nitrogen and oxygen atoms in total. The molecule has 6 heteroatoms. The first kappa shape index (κ1) is 21.7. The smallest absolute Gasteiger partial charge is 0.244 e. The highest BCUT2D eigenvalue weighted by molar-refractivity contribution is 9.10. The van der Waals surface area contributed by atoms with Crippen LogP contribution in [0.5, 0.6) is 5.75 Å². The minimum atomic E-state index is -0.335. The van der Waals surface area contributed by atoms with Crippen molar-refractivity contribution in [2.75, 3.05) is 0 Å². The molecule has 0 saturated carbocycles. The summed E-state index contributed by atoms with van der Waals surface area (Å²) >= 11 is 3.46. The van der Waals surface area contributed by atoms with Gasteiger partial charge in [-0.05, 0) is 58.3 Å². The van der Waals surface area contributed by atoms with Crippen molar-refractivity contribution in [1.82, 2.24) is 5.43 Å². The van der Waals surface area contributed by atoms with Gasteiger partial charge in [-0.2, -0.15) is 5.10 Å². The van der Waals surface area contributed by atoms with Crippen LogP contribution in [0, 0.1) is 5.82 Å². The molecule has 0 aliphatic carbocycles. The van der Waals surface area contributed by atoms with Gasteiger partial charge in [0.2, 0.25) is 5.91 Å². The molecule has 1 amide bonds. The third-order valence-electron chi connectivity index (χ3n) is 4.85. The second-order valence-corrected chi connectivity index (χ2v) is 8.16. The highest BCUT2D eigenvalue weighted by Gasteiger charge is 2.06. The number of nitrogens with one attached hydrogen (secondary N) is 1. The lowest BCUT2D eigenvalue weighted by Crippen LogP contribution is -2.19. The van der Waals surface area contributed by atoms with Gasteiger partial charge in [-0.1, -0.05) is 64.5 Å². The minimum absolute atomic E-state index is 0.113. The number of nitrogens with zero attached hydrogens (tertiary/aromatic N) is 1. The van der Waals surface area contributed by atoms with Gasteiger partial charge in [0.05, 0.1) is 12.6 Å². The molecule has 0 saturated heterocycles. The Morgan fingerprint density at radius 1 is 0.938 bits per heavy atom. The third kappa shape index (κ3) is 5.80. The summed E-state index contributed by atoms with van der Waals surface area (Å²) in [4.78, 5) is 12.1. The fourth-order valence-electron chi connectivity index (χ4n) is 3.24. The van der Waals surface area contributed by atoms with E-state index in [9.17, 15) is 9.18 Å². The number of carbonyl (C=O) groups is 1. The fourth-order valence-corrected chi connectivity index (χ4v) is 3.62. The highest BCUT2D eigenvalue weighted by atomic mass is 79.9. The molecule has 0 atom stereocenters. The number of rotatable bonds is 7. The Morgan fingerprint density at radius 3 is 2.50 bits per heavy atom. The normalized spacial score (nSPS) is 11.1. The van der Waals surface area contributed by atoms with Gasteiger partial charge in [-0.15, -0.1) is 0 Å². The first-order valence-corrected chi connectivity index (χ1v) is 10.8. The van der Waals surface area contributed by atoms with Crippen LogP contribution in [0.15, 0.2) is 94.5 Å². The van der Waals surface area contributed by atoms with Crippen LogP contribution in [0.25, 0.3) is 10.8 Å². The van der Waals surface area contributed by atoms with E-state index in [2.05, 4.69) is 50.7 Å². The summed E-state index contributed by atoms with van der Waals surface area (Å²) in [6, 6.07) is 25.8. The summed E-state index contributed by atoms with van der Waals surface area (Å²) in [5, 5.41) is 6.40. The van der Waals surface area contributed by atoms with E-state index in [4.69, 9.17) is 4.74 Å². The van der Waals surface area contributed by atoms with E-state index in [1.54, 1.807) is 18.3 Å². The lowest BCUT2D eigenvalue weighted by Gasteiger charge is -2.10. The standard InChI is InChI=1S/C26H20BrFN2O2/c27-23-9-12-25(32-17-19-5-8-20-3-1-2-4-21(20)13-19)22(15-23)16-29-30-26(31)14-18-6-10-24(28)11-7-18/h1-13,15-16H,14,17H2,(H,30,31)/b29-16+. The zero-order valence-corrected chi connectivity index (χ0v) is 18.7. The van der Waals surface area contributed by atoms with Gasteiger partial charge in [0.1, 0.15) is 18.2 Å². The van der Waals surface area contributed by atoms with Crippen molar-refractivity contribution in [3.63, 3.8) is 0 Å². The number of carbonyl (C=O) groups excluding carboxylic acids is 1. The van der Waals surface area contributed by atoms with E-state index in [1.165, 1.54) is 17.5 Å². The van der Waals surface area contributed by atoms with Gasteiger partial charge in [0.15, 0.2) is 0 Å². The molecule has 32 heavy (non-hydrogen) atoms. The first-order chi connectivity index (χ1) is 15.6. The molecule has 0 radical (unpaired) electrons. The summed E-state index contributed by atoms with van der Waals surface area (Å²) in [7, 11) is 0. The number of hydrogen-bond donors (Lipinski definition) is 1. The molecule has 0 aliphatic heterocycles. The van der Waals surface area contributed by atoms with E-state index in [0.717, 1.165) is 21.0 Å². The minimum Gasteiger partial charge on any atom is -0.488 e. The zero-order valence-electron chi connectivity index (χ0n) is 17.1. The summed E-state index contributed by atoms with van der Waals surface area (Å²) in [6.07, 6.45) is 1.66. The number of benzene rings is 4. The van der Waals surface area contributed by atoms with Gasteiger partial charge in [-0.25, -0.2) is 9.82 Å². The maximum Gasteiger partial charge on any atom is 0.244 e. The van der Waals surface area contributed by atoms with Crippen LogP contribution >= 0.6 is 15.9 Å². The van der Waals surface area contributed by atoms with E-state index in [0.29, 0.717) is 17.9 Å². The van der Waals surface area contributed by atoms with Gasteiger partial charge in [-0.3, -0.25) is 4.79 Å². The Bertz CT molecular complexity index is 1270. The van der Waals surface area contributed by atoms with Crippen LogP contribution < -0.4 is 10.2 Å². The van der Waals surface area contributed by atoms with E-state index in [1.807, 2.05) is 36.4 Å². The van der Waals surface area contributed by atoms with Crippen molar-refractivity contribution in [3.8, 4) is 5.75 Å². The van der Waals surface area contributed by atoms with E-state index in [-0.39, 0.29) is 18.1 Å². The maximum absolute atomic E-state index is 13.0. The van der Waals surface area contributed by atoms with Crippen molar-refractivity contribution in [2.45, 2.75) is 13.0 Å². The number of ether oxygens (including phenoxy) is 1. The van der Waals surface area contributed by atoms with Gasteiger partial charge in [0.25, 0.3) is 0 Å². The third-order valence-corrected chi connectivity index (χ3v) is 5.34. The SMILES string of the molecule is O=C(Cc1ccc(F)cc1)N/N=C/c1cc(Br)ccc1OCc1ccc2ccccc2c1. The zero-order chi connectivity index (χ0) is 22.3. The molecule has 4 rings (SSSR count). The second kappa shape index (κ2) is 10.2. The molecule has 0 fully saturated rings. The topological polar surface area (TPSA) is 50.7 Å². The highest BCUT2D eigenvalue weighted by Crippen LogP contribution is 2.24. The molecule has 0 aliphatic rings. The van der Waals surface area contributed by atoms with Crippen LogP contribution in [0.3, 0.4) is 0 Å². The molecule has 0 unspecified atom stereocenters. The Balaban J connectivity index is 1.40. The van der Waals surface area contributed by atoms with E-state index >= 15 is 0 Å². The Labute approximate surface area is 193 Å². The van der Waals surface area contributed by atoms with Gasteiger partial charge >= 0.3 is 0 Å². The molecule has 160 valence electrons. The van der Waals surface area contributed by atoms with Gasteiger partial charge in [0, 0.05) is 10.0 Å². The van der Waals surface area contributed by atoms with Crippen LogP contribution in [-0.4, -0.2) is 12.1 Å². The number of fused-ring (bicyclic) bond motifs is 1. The molecule has 4 aromatic carbocycles. The van der Waals surface area contributed by atoms with Crippen molar-refractivity contribution in [2.24, 2.45) is 5.10 Å². The van der Waals surface area contributed by atoms with Crippen LogP contribution in [-0.2, 0) is 17.8 Å². The van der Waals surface area contributed by atoms with Crippen molar-refractivity contribution in [1.29, 1.82) is 0 Å². The lowest BCUT2D eigenvalue weighted by molar-refractivity contribution is -0.120. The summed E-state index contributed by atoms with van der Waals surface area (Å²) < 4.78 is 19.9. The predicted octanol–water partition coefficient (Wildman–Crippen LogP) is 6.01. The van der Waals surface area contributed by atoms with E-state index < -0.39 is 0 Å². The number of hydrogen-bond acceptors (Lipinski definition) is 3. The van der Waals surface area contributed by atoms with Crippen LogP contribution in [0.4, 0.5) is 4.39 Å². The van der Waals surface area contributed by atoms with Gasteiger partial charge < -0.3 is 4.74 Å². The predicted molar refractivity (Wildman–Crippen MR) is 128 cm³/mol. The summed E-state index contributed by atoms with van der Waals surface area (Å²) in [5.41, 5.74) is 4.99. The molecule has 4 aromatic rings.